The van der Waals surface area contributed by atoms with E-state index in [-0.39, 0.29) is 24.8 Å². The Labute approximate surface area is 205 Å². The van der Waals surface area contributed by atoms with Crippen molar-refractivity contribution in [2.75, 3.05) is 6.54 Å². The number of carbonyl (C=O) groups is 2. The summed E-state index contributed by atoms with van der Waals surface area (Å²) in [7, 11) is 0. The quantitative estimate of drug-likeness (QED) is 0.389. The molecular weight excluding hydrogens is 451 g/mol. The molecule has 4 nitrogen and oxygen atoms in total. The predicted octanol–water partition coefficient (Wildman–Crippen LogP) is 5.58. The van der Waals surface area contributed by atoms with Crippen molar-refractivity contribution in [3.8, 4) is 0 Å². The molecule has 0 heterocycles. The maximum Gasteiger partial charge on any atom is 0.243 e. The van der Waals surface area contributed by atoms with Gasteiger partial charge in [0.1, 0.15) is 11.9 Å². The molecule has 0 bridgehead atoms. The molecule has 0 aliphatic heterocycles. The minimum atomic E-state index is -0.771. The van der Waals surface area contributed by atoms with Gasteiger partial charge in [-0.15, -0.1) is 0 Å². The molecule has 0 saturated heterocycles. The molecule has 1 N–H and O–H groups in total. The second kappa shape index (κ2) is 12.9. The average molecular weight is 481 g/mol. The highest BCUT2D eigenvalue weighted by Crippen LogP contribution is 2.20. The molecule has 0 aromatic heterocycles. The number of hydrogen-bond donors (Lipinski definition) is 1. The van der Waals surface area contributed by atoms with Crippen molar-refractivity contribution in [2.45, 2.75) is 45.2 Å². The first-order chi connectivity index (χ1) is 16.5. The van der Waals surface area contributed by atoms with Crippen LogP contribution in [-0.2, 0) is 29.0 Å². The summed E-state index contributed by atoms with van der Waals surface area (Å²) in [6.45, 7) is 2.48. The summed E-state index contributed by atoms with van der Waals surface area (Å²) in [6.07, 6.45) is 1.70. The molecule has 0 radical (unpaired) electrons. The van der Waals surface area contributed by atoms with Gasteiger partial charge in [-0.05, 0) is 36.1 Å². The van der Waals surface area contributed by atoms with Gasteiger partial charge in [-0.3, -0.25) is 9.59 Å². The van der Waals surface area contributed by atoms with E-state index in [2.05, 4.69) is 5.32 Å². The molecule has 0 spiro atoms. The van der Waals surface area contributed by atoms with Gasteiger partial charge in [0.05, 0.1) is 0 Å². The summed E-state index contributed by atoms with van der Waals surface area (Å²) in [5, 5.41) is 3.52. The van der Waals surface area contributed by atoms with Crippen LogP contribution in [0.25, 0.3) is 0 Å². The molecule has 0 saturated carbocycles. The second-order valence-electron chi connectivity index (χ2n) is 8.20. The van der Waals surface area contributed by atoms with Crippen LogP contribution in [0.3, 0.4) is 0 Å². The molecule has 0 unspecified atom stereocenters. The Balaban J connectivity index is 1.91. The third-order valence-corrected chi connectivity index (χ3v) is 6.05. The van der Waals surface area contributed by atoms with E-state index >= 15 is 0 Å². The summed E-state index contributed by atoms with van der Waals surface area (Å²) < 4.78 is 14.6. The van der Waals surface area contributed by atoms with E-state index in [9.17, 15) is 14.0 Å². The summed E-state index contributed by atoms with van der Waals surface area (Å²) in [4.78, 5) is 28.3. The highest BCUT2D eigenvalue weighted by Gasteiger charge is 2.30. The Morgan fingerprint density at radius 2 is 1.59 bits per heavy atom. The fourth-order valence-corrected chi connectivity index (χ4v) is 4.05. The first-order valence-corrected chi connectivity index (χ1v) is 11.9. The largest absolute Gasteiger partial charge is 0.354 e. The minimum absolute atomic E-state index is 0.00503. The number of rotatable bonds is 11. The van der Waals surface area contributed by atoms with Gasteiger partial charge in [0.2, 0.25) is 11.8 Å². The van der Waals surface area contributed by atoms with Crippen LogP contribution in [0.1, 0.15) is 36.5 Å². The lowest BCUT2D eigenvalue weighted by molar-refractivity contribution is -0.141. The van der Waals surface area contributed by atoms with Crippen molar-refractivity contribution in [1.82, 2.24) is 10.2 Å². The van der Waals surface area contributed by atoms with Crippen LogP contribution in [0.15, 0.2) is 78.9 Å². The second-order valence-corrected chi connectivity index (χ2v) is 8.61. The first-order valence-electron chi connectivity index (χ1n) is 11.6. The zero-order chi connectivity index (χ0) is 24.3. The number of nitrogens with one attached hydrogen (secondary N) is 1. The van der Waals surface area contributed by atoms with E-state index in [4.69, 9.17) is 11.6 Å². The zero-order valence-corrected chi connectivity index (χ0v) is 20.1. The van der Waals surface area contributed by atoms with Gasteiger partial charge < -0.3 is 10.2 Å². The van der Waals surface area contributed by atoms with Gasteiger partial charge in [-0.2, -0.15) is 0 Å². The number of hydrogen-bond acceptors (Lipinski definition) is 2. The number of halogens is 2. The number of carbonyl (C=O) groups excluding carboxylic acids is 2. The van der Waals surface area contributed by atoms with E-state index < -0.39 is 11.9 Å². The lowest BCUT2D eigenvalue weighted by atomic mass is 10.0. The van der Waals surface area contributed by atoms with Crippen molar-refractivity contribution in [2.24, 2.45) is 0 Å². The maximum atomic E-state index is 14.6. The van der Waals surface area contributed by atoms with Gasteiger partial charge >= 0.3 is 0 Å². The Kier molecular flexibility index (Phi) is 9.65. The van der Waals surface area contributed by atoms with Crippen LogP contribution in [0.5, 0.6) is 0 Å². The predicted molar refractivity (Wildman–Crippen MR) is 134 cm³/mol. The van der Waals surface area contributed by atoms with E-state index in [1.807, 2.05) is 55.5 Å². The molecule has 2 amide bonds. The smallest absolute Gasteiger partial charge is 0.243 e. The van der Waals surface area contributed by atoms with Crippen LogP contribution >= 0.6 is 11.6 Å². The molecule has 178 valence electrons. The van der Waals surface area contributed by atoms with Gasteiger partial charge in [0.15, 0.2) is 0 Å². The van der Waals surface area contributed by atoms with Crippen LogP contribution in [0.4, 0.5) is 4.39 Å². The van der Waals surface area contributed by atoms with Gasteiger partial charge in [0.25, 0.3) is 0 Å². The summed E-state index contributed by atoms with van der Waals surface area (Å²) >= 11 is 6.28. The van der Waals surface area contributed by atoms with Gasteiger partial charge in [-0.1, -0.05) is 85.3 Å². The normalized spacial score (nSPS) is 11.6. The van der Waals surface area contributed by atoms with E-state index in [0.29, 0.717) is 30.0 Å². The van der Waals surface area contributed by atoms with Crippen molar-refractivity contribution in [1.29, 1.82) is 0 Å². The molecule has 0 aliphatic carbocycles. The lowest BCUT2D eigenvalue weighted by Crippen LogP contribution is -2.50. The maximum absolute atomic E-state index is 14.6. The van der Waals surface area contributed by atoms with E-state index in [0.717, 1.165) is 17.5 Å². The molecule has 1 atom stereocenters. The van der Waals surface area contributed by atoms with Crippen LogP contribution in [0.2, 0.25) is 5.02 Å². The number of aryl methyl sites for hydroxylation is 1. The van der Waals surface area contributed by atoms with E-state index in [1.54, 1.807) is 24.3 Å². The van der Waals surface area contributed by atoms with Crippen LogP contribution in [-0.4, -0.2) is 29.3 Å². The highest BCUT2D eigenvalue weighted by molar-refractivity contribution is 6.31. The van der Waals surface area contributed by atoms with Crippen LogP contribution in [0, 0.1) is 5.82 Å². The molecule has 3 rings (SSSR count). The zero-order valence-electron chi connectivity index (χ0n) is 19.3. The third-order valence-electron chi connectivity index (χ3n) is 5.68. The van der Waals surface area contributed by atoms with Crippen molar-refractivity contribution >= 4 is 23.4 Å². The number of benzene rings is 3. The highest BCUT2D eigenvalue weighted by atomic mass is 35.5. The topological polar surface area (TPSA) is 49.4 Å². The van der Waals surface area contributed by atoms with Crippen molar-refractivity contribution < 1.29 is 14.0 Å². The van der Waals surface area contributed by atoms with Crippen molar-refractivity contribution in [3.05, 3.63) is 106 Å². The Bertz CT molecular complexity index is 1090. The molecule has 6 heteroatoms. The first kappa shape index (κ1) is 25.4. The monoisotopic (exact) mass is 480 g/mol. The standard InChI is InChI=1S/C28H30ClFN2O2/c1-2-18-31-28(34)26(19-21-10-4-3-5-11-21)32(20-23-13-7-9-15-25(23)30)27(33)17-16-22-12-6-8-14-24(22)29/h3-15,26H,2,16-20H2,1H3,(H,31,34)/t26-/m1/s1. The summed E-state index contributed by atoms with van der Waals surface area (Å²) in [5.41, 5.74) is 2.16. The molecule has 0 fully saturated rings. The fraction of sp³-hybridized carbons (Fsp3) is 0.286. The number of nitrogens with zero attached hydrogens (tertiary/aromatic N) is 1. The molecular formula is C28H30ClFN2O2. The Hall–Kier alpha value is -3.18. The molecule has 0 aliphatic rings. The summed E-state index contributed by atoms with van der Waals surface area (Å²) in [5.74, 6) is -0.872. The average Bonchev–Trinajstić information content (AvgIpc) is 2.85. The Morgan fingerprint density at radius 1 is 0.941 bits per heavy atom. The van der Waals surface area contributed by atoms with Gasteiger partial charge in [-0.25, -0.2) is 4.39 Å². The third kappa shape index (κ3) is 7.16. The Morgan fingerprint density at radius 3 is 2.26 bits per heavy atom. The number of amides is 2. The SMILES string of the molecule is CCCNC(=O)[C@@H](Cc1ccccc1)N(Cc1ccccc1F)C(=O)CCc1ccccc1Cl. The fourth-order valence-electron chi connectivity index (χ4n) is 3.82. The van der Waals surface area contributed by atoms with E-state index in [1.165, 1.54) is 11.0 Å². The van der Waals surface area contributed by atoms with Gasteiger partial charge in [0, 0.05) is 36.5 Å². The minimum Gasteiger partial charge on any atom is -0.354 e. The molecule has 3 aromatic rings. The lowest BCUT2D eigenvalue weighted by Gasteiger charge is -2.32. The molecule has 3 aromatic carbocycles. The molecule has 34 heavy (non-hydrogen) atoms. The van der Waals surface area contributed by atoms with Crippen LogP contribution < -0.4 is 5.32 Å². The van der Waals surface area contributed by atoms with Crippen molar-refractivity contribution in [3.63, 3.8) is 0 Å². The summed E-state index contributed by atoms with van der Waals surface area (Å²) in [6, 6.07) is 22.5.